The zero-order valence-corrected chi connectivity index (χ0v) is 34.8. The van der Waals surface area contributed by atoms with Gasteiger partial charge < -0.3 is 18.5 Å². The van der Waals surface area contributed by atoms with Crippen molar-refractivity contribution in [2.75, 3.05) is 4.90 Å². The molecule has 0 aliphatic carbocycles. The highest BCUT2D eigenvalue weighted by Gasteiger charge is 2.20. The lowest BCUT2D eigenvalue weighted by atomic mass is 10.0. The third-order valence-electron chi connectivity index (χ3n) is 12.9. The summed E-state index contributed by atoms with van der Waals surface area (Å²) in [7, 11) is 0. The van der Waals surface area contributed by atoms with E-state index in [2.05, 4.69) is 238 Å². The molecule has 0 amide bonds. The van der Waals surface area contributed by atoms with Gasteiger partial charge in [0.25, 0.3) is 0 Å². The van der Waals surface area contributed by atoms with Crippen LogP contribution in [0.4, 0.5) is 17.1 Å². The molecule has 0 saturated carbocycles. The molecule has 0 saturated heterocycles. The first kappa shape index (κ1) is 36.1. The molecule has 0 unspecified atom stereocenters. The molecule has 0 aliphatic heterocycles. The van der Waals surface area contributed by atoms with Gasteiger partial charge in [-0.3, -0.25) is 0 Å². The third kappa shape index (κ3) is 5.70. The maximum atomic E-state index is 6.66. The first-order valence-electron chi connectivity index (χ1n) is 21.8. The van der Waals surface area contributed by atoms with E-state index in [9.17, 15) is 0 Å². The maximum Gasteiger partial charge on any atom is 0.159 e. The Morgan fingerprint density at radius 2 is 0.734 bits per heavy atom. The summed E-state index contributed by atoms with van der Waals surface area (Å²) < 4.78 is 11.4. The van der Waals surface area contributed by atoms with E-state index >= 15 is 0 Å². The Morgan fingerprint density at radius 1 is 0.297 bits per heavy atom. The molecule has 0 spiro atoms. The standard InChI is InChI=1S/C60H39N3O/c1-2-13-44(14-3-1)63-56-22-10-6-17-50(56)51-38-31-43(39-58(51)63)42-29-34-46(35-30-42)61(57-23-12-19-53-52-18-7-11-24-59(52)64-60(53)57)45-32-25-40(26-33-45)41-27-36-47(37-28-41)62-54-20-8-4-15-48(54)49-16-5-9-21-55(49)62/h1-39H. The van der Waals surface area contributed by atoms with Crippen molar-refractivity contribution in [1.29, 1.82) is 0 Å². The first-order valence-corrected chi connectivity index (χ1v) is 21.8. The second-order valence-corrected chi connectivity index (χ2v) is 16.5. The zero-order chi connectivity index (χ0) is 42.1. The average Bonchev–Trinajstić information content (AvgIpc) is 4.03. The molecule has 0 fully saturated rings. The molecule has 4 nitrogen and oxygen atoms in total. The van der Waals surface area contributed by atoms with Gasteiger partial charge in [-0.2, -0.15) is 0 Å². The van der Waals surface area contributed by atoms with Gasteiger partial charge in [0.1, 0.15) is 5.58 Å². The van der Waals surface area contributed by atoms with E-state index in [1.807, 2.05) is 12.1 Å². The molecule has 13 rings (SSSR count). The molecule has 0 radical (unpaired) electrons. The Hall–Kier alpha value is -8.60. The van der Waals surface area contributed by atoms with Gasteiger partial charge in [-0.15, -0.1) is 0 Å². The van der Waals surface area contributed by atoms with E-state index in [1.54, 1.807) is 0 Å². The van der Waals surface area contributed by atoms with Crippen LogP contribution < -0.4 is 4.90 Å². The fraction of sp³-hybridized carbons (Fsp3) is 0. The summed E-state index contributed by atoms with van der Waals surface area (Å²) in [6.45, 7) is 0. The molecule has 4 heteroatoms. The van der Waals surface area contributed by atoms with Crippen molar-refractivity contribution in [2.24, 2.45) is 0 Å². The van der Waals surface area contributed by atoms with Gasteiger partial charge in [-0.25, -0.2) is 0 Å². The van der Waals surface area contributed by atoms with Crippen LogP contribution in [0.25, 0.3) is 99.2 Å². The van der Waals surface area contributed by atoms with Gasteiger partial charge in [0.2, 0.25) is 0 Å². The molecule has 3 heterocycles. The number of aromatic nitrogens is 2. The first-order chi connectivity index (χ1) is 31.7. The van der Waals surface area contributed by atoms with Gasteiger partial charge in [0.15, 0.2) is 5.58 Å². The summed E-state index contributed by atoms with van der Waals surface area (Å²) in [5, 5.41) is 7.23. The molecule has 0 bridgehead atoms. The molecule has 0 aliphatic rings. The average molecular weight is 818 g/mol. The van der Waals surface area contributed by atoms with Crippen LogP contribution in [0.1, 0.15) is 0 Å². The molecule has 64 heavy (non-hydrogen) atoms. The van der Waals surface area contributed by atoms with Crippen molar-refractivity contribution >= 4 is 82.6 Å². The summed E-state index contributed by atoms with van der Waals surface area (Å²) in [4.78, 5) is 2.32. The smallest absolute Gasteiger partial charge is 0.159 e. The number of hydrogen-bond acceptors (Lipinski definition) is 2. The van der Waals surface area contributed by atoms with Crippen LogP contribution in [-0.4, -0.2) is 9.13 Å². The lowest BCUT2D eigenvalue weighted by Gasteiger charge is -2.26. The van der Waals surface area contributed by atoms with Crippen molar-refractivity contribution in [2.45, 2.75) is 0 Å². The third-order valence-corrected chi connectivity index (χ3v) is 12.9. The zero-order valence-electron chi connectivity index (χ0n) is 34.8. The number of fused-ring (bicyclic) bond motifs is 9. The Kier molecular flexibility index (Phi) is 8.18. The minimum Gasteiger partial charge on any atom is -0.454 e. The van der Waals surface area contributed by atoms with E-state index in [-0.39, 0.29) is 0 Å². The lowest BCUT2D eigenvalue weighted by Crippen LogP contribution is -2.10. The number of nitrogens with zero attached hydrogens (tertiary/aromatic N) is 3. The van der Waals surface area contributed by atoms with Gasteiger partial charge in [-0.1, -0.05) is 152 Å². The quantitative estimate of drug-likeness (QED) is 0.160. The summed E-state index contributed by atoms with van der Waals surface area (Å²) in [5.41, 5.74) is 16.5. The van der Waals surface area contributed by atoms with Gasteiger partial charge in [-0.05, 0) is 107 Å². The SMILES string of the molecule is c1ccc(-n2c3ccccc3c3ccc(-c4ccc(N(c5ccc(-c6ccc(-n7c8ccccc8c8ccccc87)cc6)cc5)c5cccc6c5oc5ccccc56)cc4)cc32)cc1. The van der Waals surface area contributed by atoms with Gasteiger partial charge in [0, 0.05) is 55.1 Å². The van der Waals surface area contributed by atoms with Crippen molar-refractivity contribution < 1.29 is 4.42 Å². The highest BCUT2D eigenvalue weighted by molar-refractivity contribution is 6.12. The van der Waals surface area contributed by atoms with E-state index in [4.69, 9.17) is 4.42 Å². The van der Waals surface area contributed by atoms with E-state index in [1.165, 1.54) is 49.2 Å². The van der Waals surface area contributed by atoms with Gasteiger partial charge >= 0.3 is 0 Å². The lowest BCUT2D eigenvalue weighted by molar-refractivity contribution is 0.669. The molecule has 3 aromatic heterocycles. The molecule has 0 atom stereocenters. The molecule has 10 aromatic carbocycles. The van der Waals surface area contributed by atoms with Crippen LogP contribution in [-0.2, 0) is 0 Å². The van der Waals surface area contributed by atoms with Crippen molar-refractivity contribution in [3.05, 3.63) is 237 Å². The molecule has 13 aromatic rings. The molecule has 0 N–H and O–H groups in total. The topological polar surface area (TPSA) is 26.2 Å². The van der Waals surface area contributed by atoms with Crippen LogP contribution in [0, 0.1) is 0 Å². The Bertz CT molecular complexity index is 3820. The largest absolute Gasteiger partial charge is 0.454 e. The fourth-order valence-corrected chi connectivity index (χ4v) is 9.95. The van der Waals surface area contributed by atoms with Crippen LogP contribution in [0.3, 0.4) is 0 Å². The van der Waals surface area contributed by atoms with Crippen molar-refractivity contribution in [3.8, 4) is 33.6 Å². The van der Waals surface area contributed by atoms with Crippen LogP contribution >= 0.6 is 0 Å². The molecular weight excluding hydrogens is 779 g/mol. The van der Waals surface area contributed by atoms with E-state index < -0.39 is 0 Å². The second-order valence-electron chi connectivity index (χ2n) is 16.5. The number of hydrogen-bond donors (Lipinski definition) is 0. The van der Waals surface area contributed by atoms with Crippen molar-refractivity contribution in [3.63, 3.8) is 0 Å². The summed E-state index contributed by atoms with van der Waals surface area (Å²) >= 11 is 0. The number of rotatable bonds is 7. The highest BCUT2D eigenvalue weighted by Crippen LogP contribution is 2.44. The number of furan rings is 1. The minimum absolute atomic E-state index is 0.858. The Balaban J connectivity index is 0.892. The predicted octanol–water partition coefficient (Wildman–Crippen LogP) is 16.6. The summed E-state index contributed by atoms with van der Waals surface area (Å²) in [5.74, 6) is 0. The normalized spacial score (nSPS) is 11.8. The summed E-state index contributed by atoms with van der Waals surface area (Å²) in [6, 6.07) is 85.0. The minimum atomic E-state index is 0.858. The van der Waals surface area contributed by atoms with Crippen molar-refractivity contribution in [1.82, 2.24) is 9.13 Å². The Labute approximate surface area is 369 Å². The monoisotopic (exact) mass is 817 g/mol. The number of para-hydroxylation sites is 6. The van der Waals surface area contributed by atoms with Crippen LogP contribution in [0.15, 0.2) is 241 Å². The highest BCUT2D eigenvalue weighted by atomic mass is 16.3. The van der Waals surface area contributed by atoms with Crippen LogP contribution in [0.2, 0.25) is 0 Å². The number of anilines is 3. The second kappa shape index (κ2) is 14.5. The number of benzene rings is 10. The predicted molar refractivity (Wildman–Crippen MR) is 268 cm³/mol. The fourth-order valence-electron chi connectivity index (χ4n) is 9.95. The summed E-state index contributed by atoms with van der Waals surface area (Å²) in [6.07, 6.45) is 0. The molecule has 300 valence electrons. The van der Waals surface area contributed by atoms with Crippen LogP contribution in [0.5, 0.6) is 0 Å². The molecular formula is C60H39N3O. The Morgan fingerprint density at radius 3 is 1.34 bits per heavy atom. The van der Waals surface area contributed by atoms with E-state index in [0.29, 0.717) is 0 Å². The van der Waals surface area contributed by atoms with Gasteiger partial charge in [0.05, 0.1) is 27.8 Å². The maximum absolute atomic E-state index is 6.66. The van der Waals surface area contributed by atoms with E-state index in [0.717, 1.165) is 67.1 Å².